The Hall–Kier alpha value is -2.71. The van der Waals surface area contributed by atoms with Crippen molar-refractivity contribution in [1.82, 2.24) is 4.98 Å². The third-order valence-corrected chi connectivity index (χ3v) is 5.16. The molecular weight excluding hydrogens is 376 g/mol. The van der Waals surface area contributed by atoms with Crippen LogP contribution in [0, 0.1) is 5.82 Å². The van der Waals surface area contributed by atoms with Crippen LogP contribution in [0.3, 0.4) is 0 Å². The Morgan fingerprint density at radius 1 is 1.21 bits per heavy atom. The van der Waals surface area contributed by atoms with Crippen LogP contribution in [0.1, 0.15) is 39.0 Å². The largest absolute Gasteiger partial charge is 0.495 e. The number of hydrogen-bond acceptors (Lipinski definition) is 5. The smallest absolute Gasteiger partial charge is 0.487 e. The van der Waals surface area contributed by atoms with Gasteiger partial charge in [0.2, 0.25) is 0 Å². The van der Waals surface area contributed by atoms with Crippen molar-refractivity contribution in [2.24, 2.45) is 0 Å². The molecule has 0 atom stereocenters. The molecule has 1 saturated heterocycles. The number of aromatic nitrogens is 1. The number of nitrogens with zero attached hydrogens (tertiary/aromatic N) is 1. The lowest BCUT2D eigenvalue weighted by Crippen LogP contribution is -2.41. The highest BCUT2D eigenvalue weighted by Gasteiger charge is 2.52. The number of carbonyl (C=O) groups is 1. The molecule has 2 aromatic rings. The topological polar surface area (TPSA) is 77.9 Å². The van der Waals surface area contributed by atoms with Gasteiger partial charge in [-0.3, -0.25) is 4.98 Å². The van der Waals surface area contributed by atoms with E-state index in [1.807, 2.05) is 27.7 Å². The van der Waals surface area contributed by atoms with Crippen molar-refractivity contribution in [3.8, 4) is 5.75 Å². The highest BCUT2D eigenvalue weighted by Crippen LogP contribution is 2.36. The van der Waals surface area contributed by atoms with Gasteiger partial charge in [0.05, 0.1) is 23.1 Å². The molecule has 29 heavy (non-hydrogen) atoms. The second kappa shape index (κ2) is 7.97. The number of benzene rings is 1. The Bertz CT molecular complexity index is 911. The van der Waals surface area contributed by atoms with E-state index in [2.05, 4.69) is 4.98 Å². The SMILES string of the molecule is CC1(C)OB(c2ccc(F)cc2COc2ccc(/C=C/C(=O)O)nc2)OC1(C)C. The lowest BCUT2D eigenvalue weighted by molar-refractivity contribution is -0.131. The fourth-order valence-electron chi connectivity index (χ4n) is 2.79. The van der Waals surface area contributed by atoms with Crippen molar-refractivity contribution < 1.29 is 28.3 Å². The molecule has 0 radical (unpaired) electrons. The highest BCUT2D eigenvalue weighted by atomic mass is 19.1. The first-order chi connectivity index (χ1) is 13.6. The van der Waals surface area contributed by atoms with Gasteiger partial charge in [0.25, 0.3) is 0 Å². The Labute approximate surface area is 169 Å². The second-order valence-electron chi connectivity index (χ2n) is 7.81. The summed E-state index contributed by atoms with van der Waals surface area (Å²) in [6, 6.07) is 7.72. The molecule has 3 rings (SSSR count). The van der Waals surface area contributed by atoms with E-state index in [-0.39, 0.29) is 12.4 Å². The zero-order chi connectivity index (χ0) is 21.2. The van der Waals surface area contributed by atoms with Gasteiger partial charge in [-0.15, -0.1) is 0 Å². The number of ether oxygens (including phenoxy) is 1. The predicted molar refractivity (Wildman–Crippen MR) is 107 cm³/mol. The van der Waals surface area contributed by atoms with Gasteiger partial charge in [-0.1, -0.05) is 6.07 Å². The number of aliphatic carboxylic acids is 1. The first kappa shape index (κ1) is 21.0. The quantitative estimate of drug-likeness (QED) is 0.594. The number of hydrogen-bond donors (Lipinski definition) is 1. The molecule has 152 valence electrons. The van der Waals surface area contributed by atoms with Gasteiger partial charge in [0, 0.05) is 6.08 Å². The minimum atomic E-state index is -1.05. The Morgan fingerprint density at radius 3 is 2.48 bits per heavy atom. The Morgan fingerprint density at radius 2 is 1.90 bits per heavy atom. The molecule has 2 heterocycles. The predicted octanol–water partition coefficient (Wildman–Crippen LogP) is 3.20. The van der Waals surface area contributed by atoms with Gasteiger partial charge in [0.15, 0.2) is 0 Å². The van der Waals surface area contributed by atoms with Crippen molar-refractivity contribution in [2.75, 3.05) is 0 Å². The summed E-state index contributed by atoms with van der Waals surface area (Å²) in [5, 5.41) is 8.65. The first-order valence-corrected chi connectivity index (χ1v) is 9.21. The van der Waals surface area contributed by atoms with Gasteiger partial charge in [-0.05, 0) is 69.1 Å². The average molecular weight is 399 g/mol. The minimum absolute atomic E-state index is 0.100. The third-order valence-electron chi connectivity index (χ3n) is 5.16. The van der Waals surface area contributed by atoms with Crippen LogP contribution in [-0.2, 0) is 20.7 Å². The standard InChI is InChI=1S/C21H23BFNO5/c1-20(2)21(3,4)29-22(28-20)18-9-5-15(23)11-14(18)13-27-17-8-6-16(24-12-17)7-10-19(25)26/h5-12H,13H2,1-4H3,(H,25,26)/b10-7+. The van der Waals surface area contributed by atoms with Crippen molar-refractivity contribution in [2.45, 2.75) is 45.5 Å². The zero-order valence-electron chi connectivity index (χ0n) is 16.8. The summed E-state index contributed by atoms with van der Waals surface area (Å²) in [4.78, 5) is 14.7. The van der Waals surface area contributed by atoms with Gasteiger partial charge < -0.3 is 19.2 Å². The lowest BCUT2D eigenvalue weighted by Gasteiger charge is -2.32. The van der Waals surface area contributed by atoms with E-state index in [4.69, 9.17) is 19.2 Å². The Kier molecular flexibility index (Phi) is 5.77. The van der Waals surface area contributed by atoms with E-state index in [9.17, 15) is 9.18 Å². The maximum Gasteiger partial charge on any atom is 0.495 e. The number of pyridine rings is 1. The molecule has 6 nitrogen and oxygen atoms in total. The van der Waals surface area contributed by atoms with Crippen molar-refractivity contribution in [3.05, 3.63) is 59.7 Å². The molecule has 1 aromatic heterocycles. The molecule has 1 aromatic carbocycles. The van der Waals surface area contributed by atoms with E-state index in [0.717, 1.165) is 6.08 Å². The highest BCUT2D eigenvalue weighted by molar-refractivity contribution is 6.62. The molecule has 1 aliphatic heterocycles. The minimum Gasteiger partial charge on any atom is -0.487 e. The summed E-state index contributed by atoms with van der Waals surface area (Å²) in [6.07, 6.45) is 3.87. The van der Waals surface area contributed by atoms with Crippen LogP contribution in [-0.4, -0.2) is 34.4 Å². The van der Waals surface area contributed by atoms with Crippen molar-refractivity contribution in [1.29, 1.82) is 0 Å². The number of carboxylic acid groups (broad SMARTS) is 1. The maximum absolute atomic E-state index is 13.9. The van der Waals surface area contributed by atoms with Crippen LogP contribution >= 0.6 is 0 Å². The van der Waals surface area contributed by atoms with Crippen molar-refractivity contribution in [3.63, 3.8) is 0 Å². The fourth-order valence-corrected chi connectivity index (χ4v) is 2.79. The van der Waals surface area contributed by atoms with E-state index < -0.39 is 24.3 Å². The van der Waals surface area contributed by atoms with Crippen LogP contribution in [0.4, 0.5) is 4.39 Å². The third kappa shape index (κ3) is 4.83. The molecule has 8 heteroatoms. The van der Waals surface area contributed by atoms with Crippen LogP contribution in [0.5, 0.6) is 5.75 Å². The summed E-state index contributed by atoms with van der Waals surface area (Å²) in [5.41, 5.74) is 0.793. The molecule has 1 aliphatic rings. The molecule has 0 bridgehead atoms. The summed E-state index contributed by atoms with van der Waals surface area (Å²) in [6.45, 7) is 7.93. The summed E-state index contributed by atoms with van der Waals surface area (Å²) < 4.78 is 31.8. The molecule has 1 fully saturated rings. The molecular formula is C21H23BFNO5. The molecule has 0 unspecified atom stereocenters. The van der Waals surface area contributed by atoms with Gasteiger partial charge in [-0.2, -0.15) is 0 Å². The second-order valence-corrected chi connectivity index (χ2v) is 7.81. The molecule has 1 N–H and O–H groups in total. The molecule has 0 amide bonds. The normalized spacial score (nSPS) is 17.6. The van der Waals surface area contributed by atoms with Gasteiger partial charge >= 0.3 is 13.1 Å². The van der Waals surface area contributed by atoms with Crippen LogP contribution in [0.15, 0.2) is 42.6 Å². The molecule has 0 aliphatic carbocycles. The van der Waals surface area contributed by atoms with Crippen LogP contribution in [0.25, 0.3) is 6.08 Å². The van der Waals surface area contributed by atoms with E-state index in [1.165, 1.54) is 24.4 Å². The summed E-state index contributed by atoms with van der Waals surface area (Å²) >= 11 is 0. The van der Waals surface area contributed by atoms with Gasteiger partial charge in [-0.25, -0.2) is 9.18 Å². The fraction of sp³-hybridized carbons (Fsp3) is 0.333. The number of rotatable bonds is 6. The number of carboxylic acids is 1. The summed E-state index contributed by atoms with van der Waals surface area (Å²) in [5.74, 6) is -0.953. The maximum atomic E-state index is 13.9. The molecule has 0 saturated carbocycles. The van der Waals surface area contributed by atoms with Gasteiger partial charge in [0.1, 0.15) is 18.2 Å². The average Bonchev–Trinajstić information content (AvgIpc) is 2.86. The lowest BCUT2D eigenvalue weighted by atomic mass is 9.76. The van der Waals surface area contributed by atoms with Crippen LogP contribution in [0.2, 0.25) is 0 Å². The first-order valence-electron chi connectivity index (χ1n) is 9.21. The van der Waals surface area contributed by atoms with Crippen LogP contribution < -0.4 is 10.2 Å². The van der Waals surface area contributed by atoms with E-state index >= 15 is 0 Å². The Balaban J connectivity index is 1.75. The monoisotopic (exact) mass is 399 g/mol. The number of halogens is 1. The summed E-state index contributed by atoms with van der Waals surface area (Å²) in [7, 11) is -0.624. The zero-order valence-corrected chi connectivity index (χ0v) is 16.8. The van der Waals surface area contributed by atoms with Crippen molar-refractivity contribution >= 4 is 24.6 Å². The van der Waals surface area contributed by atoms with E-state index in [0.29, 0.717) is 22.5 Å². The van der Waals surface area contributed by atoms with E-state index in [1.54, 1.807) is 18.2 Å². The molecule has 0 spiro atoms.